The Morgan fingerprint density at radius 2 is 1.76 bits per heavy atom. The van der Waals surface area contributed by atoms with E-state index in [4.69, 9.17) is 9.47 Å². The van der Waals surface area contributed by atoms with Gasteiger partial charge >= 0.3 is 6.18 Å². The maximum atomic E-state index is 14.4. The predicted octanol–water partition coefficient (Wildman–Crippen LogP) is 5.48. The van der Waals surface area contributed by atoms with Gasteiger partial charge in [-0.2, -0.15) is 13.2 Å². The van der Waals surface area contributed by atoms with Crippen molar-refractivity contribution < 1.29 is 31.8 Å². The fourth-order valence-corrected chi connectivity index (χ4v) is 5.62. The van der Waals surface area contributed by atoms with E-state index < -0.39 is 23.3 Å². The van der Waals surface area contributed by atoms with Crippen LogP contribution >= 0.6 is 11.3 Å². The predicted molar refractivity (Wildman–Crippen MR) is 133 cm³/mol. The third kappa shape index (κ3) is 6.23. The Morgan fingerprint density at radius 1 is 1.03 bits per heavy atom. The molecule has 0 radical (unpaired) electrons. The van der Waals surface area contributed by atoms with Crippen LogP contribution in [0.4, 0.5) is 17.6 Å². The Morgan fingerprint density at radius 3 is 2.47 bits per heavy atom. The minimum absolute atomic E-state index is 0.148. The fraction of sp³-hybridized carbons (Fsp3) is 0.407. The maximum Gasteiger partial charge on any atom is 0.416 e. The molecular weight excluding hydrogens is 522 g/mol. The van der Waals surface area contributed by atoms with Crippen LogP contribution in [0.5, 0.6) is 0 Å². The third-order valence-electron chi connectivity index (χ3n) is 6.77. The molecule has 2 saturated heterocycles. The maximum absolute atomic E-state index is 14.4. The Bertz CT molecular complexity index is 1270. The van der Waals surface area contributed by atoms with Crippen molar-refractivity contribution in [3.63, 3.8) is 0 Å². The van der Waals surface area contributed by atoms with E-state index in [1.165, 1.54) is 23.5 Å². The molecule has 5 rings (SSSR count). The van der Waals surface area contributed by atoms with E-state index in [-0.39, 0.29) is 25.5 Å². The van der Waals surface area contributed by atoms with Crippen molar-refractivity contribution in [3.05, 3.63) is 87.1 Å². The highest BCUT2D eigenvalue weighted by atomic mass is 32.1. The minimum atomic E-state index is -4.46. The van der Waals surface area contributed by atoms with Crippen LogP contribution in [0.1, 0.15) is 45.0 Å². The summed E-state index contributed by atoms with van der Waals surface area (Å²) in [6, 6.07) is 11.4. The van der Waals surface area contributed by atoms with Crippen LogP contribution in [-0.4, -0.2) is 52.8 Å². The van der Waals surface area contributed by atoms with E-state index in [0.29, 0.717) is 61.0 Å². The number of halogens is 4. The number of hydrogen-bond donors (Lipinski definition) is 0. The van der Waals surface area contributed by atoms with Gasteiger partial charge < -0.3 is 14.4 Å². The summed E-state index contributed by atoms with van der Waals surface area (Å²) in [6.45, 7) is 2.68. The number of carbonyl (C=O) groups excluding carboxylic acids is 1. The first-order valence-electron chi connectivity index (χ1n) is 12.3. The smallest absolute Gasteiger partial charge is 0.347 e. The van der Waals surface area contributed by atoms with Crippen molar-refractivity contribution in [2.24, 2.45) is 0 Å². The monoisotopic (exact) mass is 549 g/mol. The van der Waals surface area contributed by atoms with E-state index in [1.807, 2.05) is 4.90 Å². The number of thiazole rings is 1. The standard InChI is InChI=1S/C27H27F4N3O3S/c28-22-7-2-1-5-20(22)16-33(15-19-4-3-6-21(14-19)27(29,30)31)17-24-32-23(18-38-24)25(35)34-10-8-26(9-11-34)36-12-13-37-26/h1-7,14,18H,8-13,15-17H2. The molecule has 3 aromatic rings. The quantitative estimate of drug-likeness (QED) is 0.366. The second-order valence-electron chi connectivity index (χ2n) is 9.46. The average Bonchev–Trinajstić information content (AvgIpc) is 3.55. The molecule has 0 aliphatic carbocycles. The van der Waals surface area contributed by atoms with Gasteiger partial charge in [-0.15, -0.1) is 11.3 Å². The lowest BCUT2D eigenvalue weighted by Crippen LogP contribution is -2.47. The van der Waals surface area contributed by atoms with Crippen LogP contribution in [0.2, 0.25) is 0 Å². The molecule has 2 aromatic carbocycles. The molecule has 38 heavy (non-hydrogen) atoms. The summed E-state index contributed by atoms with van der Waals surface area (Å²) >= 11 is 1.30. The number of rotatable bonds is 7. The molecule has 0 bridgehead atoms. The van der Waals surface area contributed by atoms with Gasteiger partial charge in [0.2, 0.25) is 0 Å². The summed E-state index contributed by atoms with van der Waals surface area (Å²) in [6.07, 6.45) is -3.26. The average molecular weight is 550 g/mol. The van der Waals surface area contributed by atoms with Crippen molar-refractivity contribution >= 4 is 17.2 Å². The molecule has 2 aliphatic heterocycles. The molecule has 3 heterocycles. The first kappa shape index (κ1) is 26.7. The first-order chi connectivity index (χ1) is 18.2. The molecule has 1 amide bonds. The number of nitrogens with zero attached hydrogens (tertiary/aromatic N) is 3. The zero-order valence-corrected chi connectivity index (χ0v) is 21.4. The molecule has 0 unspecified atom stereocenters. The minimum Gasteiger partial charge on any atom is -0.347 e. The highest BCUT2D eigenvalue weighted by Gasteiger charge is 2.41. The lowest BCUT2D eigenvalue weighted by Gasteiger charge is -2.37. The normalized spacial score (nSPS) is 17.4. The number of amides is 1. The zero-order valence-electron chi connectivity index (χ0n) is 20.5. The largest absolute Gasteiger partial charge is 0.416 e. The number of alkyl halides is 3. The SMILES string of the molecule is O=C(c1csc(CN(Cc2cccc(C(F)(F)F)c2)Cc2ccccc2F)n1)N1CCC2(CC1)OCCO2. The van der Waals surface area contributed by atoms with Gasteiger partial charge in [-0.3, -0.25) is 9.69 Å². The van der Waals surface area contributed by atoms with E-state index in [0.717, 1.165) is 12.1 Å². The fourth-order valence-electron chi connectivity index (χ4n) is 4.81. The topological polar surface area (TPSA) is 54.9 Å². The van der Waals surface area contributed by atoms with E-state index in [1.54, 1.807) is 34.5 Å². The van der Waals surface area contributed by atoms with Crippen LogP contribution < -0.4 is 0 Å². The molecule has 1 spiro atoms. The zero-order chi connectivity index (χ0) is 26.8. The molecular formula is C27H27F4N3O3S. The lowest BCUT2D eigenvalue weighted by atomic mass is 10.0. The highest BCUT2D eigenvalue weighted by Crippen LogP contribution is 2.32. The summed E-state index contributed by atoms with van der Waals surface area (Å²) in [5.41, 5.74) is 0.451. The Hall–Kier alpha value is -2.86. The number of ether oxygens (including phenoxy) is 2. The number of likely N-dealkylation sites (tertiary alicyclic amines) is 1. The molecule has 0 saturated carbocycles. The second kappa shape index (κ2) is 11.1. The van der Waals surface area contributed by atoms with Crippen LogP contribution in [-0.2, 0) is 35.3 Å². The van der Waals surface area contributed by atoms with Gasteiger partial charge in [0.05, 0.1) is 25.3 Å². The van der Waals surface area contributed by atoms with Crippen LogP contribution in [0, 0.1) is 5.82 Å². The summed E-state index contributed by atoms with van der Waals surface area (Å²) in [7, 11) is 0. The molecule has 2 aliphatic rings. The number of piperidine rings is 1. The van der Waals surface area contributed by atoms with Gasteiger partial charge in [-0.1, -0.05) is 36.4 Å². The van der Waals surface area contributed by atoms with E-state index in [2.05, 4.69) is 4.98 Å². The first-order valence-corrected chi connectivity index (χ1v) is 13.2. The number of carbonyl (C=O) groups is 1. The van der Waals surface area contributed by atoms with Crippen LogP contribution in [0.25, 0.3) is 0 Å². The van der Waals surface area contributed by atoms with Gasteiger partial charge in [0.1, 0.15) is 16.5 Å². The van der Waals surface area contributed by atoms with Gasteiger partial charge in [-0.25, -0.2) is 9.37 Å². The number of hydrogen-bond acceptors (Lipinski definition) is 6. The Balaban J connectivity index is 1.29. The van der Waals surface area contributed by atoms with E-state index in [9.17, 15) is 22.4 Å². The molecule has 0 atom stereocenters. The lowest BCUT2D eigenvalue weighted by molar-refractivity contribution is -0.181. The second-order valence-corrected chi connectivity index (χ2v) is 10.4. The number of aromatic nitrogens is 1. The molecule has 2 fully saturated rings. The van der Waals surface area contributed by atoms with Gasteiger partial charge in [0.25, 0.3) is 5.91 Å². The van der Waals surface area contributed by atoms with Crippen molar-refractivity contribution in [1.82, 2.24) is 14.8 Å². The van der Waals surface area contributed by atoms with E-state index >= 15 is 0 Å². The van der Waals surface area contributed by atoms with Crippen LogP contribution in [0.3, 0.4) is 0 Å². The molecule has 6 nitrogen and oxygen atoms in total. The molecule has 0 N–H and O–H groups in total. The van der Waals surface area contributed by atoms with Crippen molar-refractivity contribution in [3.8, 4) is 0 Å². The summed E-state index contributed by atoms with van der Waals surface area (Å²) in [5, 5.41) is 2.31. The highest BCUT2D eigenvalue weighted by molar-refractivity contribution is 7.09. The van der Waals surface area contributed by atoms with Crippen molar-refractivity contribution in [2.45, 2.75) is 44.4 Å². The third-order valence-corrected chi connectivity index (χ3v) is 7.60. The van der Waals surface area contributed by atoms with Crippen molar-refractivity contribution in [1.29, 1.82) is 0 Å². The Kier molecular flexibility index (Phi) is 7.80. The van der Waals surface area contributed by atoms with Gasteiger partial charge in [0, 0.05) is 50.0 Å². The summed E-state index contributed by atoms with van der Waals surface area (Å²) < 4.78 is 65.6. The summed E-state index contributed by atoms with van der Waals surface area (Å²) in [4.78, 5) is 21.2. The van der Waals surface area contributed by atoms with Gasteiger partial charge in [-0.05, 0) is 17.7 Å². The molecule has 11 heteroatoms. The number of benzene rings is 2. The molecule has 202 valence electrons. The van der Waals surface area contributed by atoms with Crippen molar-refractivity contribution in [2.75, 3.05) is 26.3 Å². The van der Waals surface area contributed by atoms with Gasteiger partial charge in [0.15, 0.2) is 5.79 Å². The summed E-state index contributed by atoms with van der Waals surface area (Å²) in [5.74, 6) is -1.16. The Labute approximate surface area is 221 Å². The van der Waals surface area contributed by atoms with Crippen LogP contribution in [0.15, 0.2) is 53.9 Å². The molecule has 1 aromatic heterocycles.